The highest BCUT2D eigenvalue weighted by molar-refractivity contribution is 7.17. The molecule has 0 saturated carbocycles. The van der Waals surface area contributed by atoms with Crippen molar-refractivity contribution in [2.45, 2.75) is 26.2 Å². The van der Waals surface area contributed by atoms with Crippen molar-refractivity contribution in [1.29, 1.82) is 0 Å². The van der Waals surface area contributed by atoms with E-state index in [1.807, 2.05) is 30.3 Å². The quantitative estimate of drug-likeness (QED) is 0.445. The fourth-order valence-corrected chi connectivity index (χ4v) is 4.42. The van der Waals surface area contributed by atoms with Crippen LogP contribution in [0, 0.1) is 17.6 Å². The van der Waals surface area contributed by atoms with E-state index >= 15 is 0 Å². The first-order valence-electron chi connectivity index (χ1n) is 10.0. The summed E-state index contributed by atoms with van der Waals surface area (Å²) < 4.78 is 40.9. The summed E-state index contributed by atoms with van der Waals surface area (Å²) >= 11 is 1.34. The Morgan fingerprint density at radius 1 is 0.931 bits per heavy atom. The molecule has 1 saturated heterocycles. The summed E-state index contributed by atoms with van der Waals surface area (Å²) in [6, 6.07) is 14.5. The Morgan fingerprint density at radius 3 is 2.34 bits per heavy atom. The second-order valence-corrected chi connectivity index (χ2v) is 8.37. The van der Waals surface area contributed by atoms with Gasteiger partial charge in [0.25, 0.3) is 0 Å². The van der Waals surface area contributed by atoms with Gasteiger partial charge in [0, 0.05) is 29.2 Å². The lowest BCUT2D eigenvalue weighted by atomic mass is 10.0. The van der Waals surface area contributed by atoms with Crippen LogP contribution >= 0.6 is 11.3 Å². The molecule has 2 heterocycles. The zero-order valence-corrected chi connectivity index (χ0v) is 17.2. The minimum atomic E-state index is -0.820. The topological polar surface area (TPSA) is 18.5 Å². The molecule has 1 aliphatic rings. The van der Waals surface area contributed by atoms with E-state index in [2.05, 4.69) is 6.92 Å². The maximum Gasteiger partial charge on any atom is 0.174 e. The Bertz CT molecular complexity index is 960. The second kappa shape index (κ2) is 9.06. The van der Waals surface area contributed by atoms with Gasteiger partial charge in [-0.05, 0) is 54.5 Å². The maximum atomic E-state index is 14.8. The Labute approximate surface area is 174 Å². The monoisotopic (exact) mass is 414 g/mol. The van der Waals surface area contributed by atoms with Gasteiger partial charge in [-0.1, -0.05) is 48.6 Å². The van der Waals surface area contributed by atoms with Crippen molar-refractivity contribution in [3.8, 4) is 26.6 Å². The summed E-state index contributed by atoms with van der Waals surface area (Å²) in [6.45, 7) is 4.25. The smallest absolute Gasteiger partial charge is 0.174 e. The summed E-state index contributed by atoms with van der Waals surface area (Å²) in [4.78, 5) is 0.663. The molecule has 0 N–H and O–H groups in total. The molecule has 4 rings (SSSR count). The van der Waals surface area contributed by atoms with Gasteiger partial charge >= 0.3 is 0 Å². The highest BCUT2D eigenvalue weighted by Gasteiger charge is 2.18. The van der Waals surface area contributed by atoms with Gasteiger partial charge in [-0.25, -0.2) is 8.78 Å². The second-order valence-electron chi connectivity index (χ2n) is 7.32. The number of aryl methyl sites for hydroxylation is 1. The molecule has 0 radical (unpaired) electrons. The summed E-state index contributed by atoms with van der Waals surface area (Å²) in [5.41, 5.74) is 2.39. The van der Waals surface area contributed by atoms with Crippen LogP contribution in [0.5, 0.6) is 5.06 Å². The molecule has 2 aromatic carbocycles. The van der Waals surface area contributed by atoms with E-state index in [0.29, 0.717) is 23.0 Å². The van der Waals surface area contributed by atoms with Gasteiger partial charge in [-0.2, -0.15) is 0 Å². The lowest BCUT2D eigenvalue weighted by molar-refractivity contribution is 0.0503. The van der Waals surface area contributed by atoms with E-state index in [9.17, 15) is 8.78 Å². The number of benzene rings is 2. The van der Waals surface area contributed by atoms with E-state index in [-0.39, 0.29) is 11.1 Å². The van der Waals surface area contributed by atoms with Crippen LogP contribution in [-0.2, 0) is 11.2 Å². The third-order valence-electron chi connectivity index (χ3n) is 5.40. The van der Waals surface area contributed by atoms with Crippen molar-refractivity contribution in [2.75, 3.05) is 19.8 Å². The van der Waals surface area contributed by atoms with Crippen LogP contribution in [0.15, 0.2) is 48.5 Å². The molecule has 5 heteroatoms. The van der Waals surface area contributed by atoms with Crippen molar-refractivity contribution in [3.05, 3.63) is 65.7 Å². The minimum absolute atomic E-state index is 0.266. The number of rotatable bonds is 6. The molecule has 0 spiro atoms. The Kier molecular flexibility index (Phi) is 6.26. The van der Waals surface area contributed by atoms with Crippen LogP contribution < -0.4 is 4.74 Å². The van der Waals surface area contributed by atoms with Gasteiger partial charge in [-0.15, -0.1) is 0 Å². The molecule has 0 amide bonds. The van der Waals surface area contributed by atoms with E-state index in [1.54, 1.807) is 18.2 Å². The predicted molar refractivity (Wildman–Crippen MR) is 114 cm³/mol. The van der Waals surface area contributed by atoms with E-state index in [4.69, 9.17) is 9.47 Å². The molecule has 2 nitrogen and oxygen atoms in total. The van der Waals surface area contributed by atoms with E-state index < -0.39 is 11.6 Å². The molecule has 0 aliphatic carbocycles. The Hall–Kier alpha value is -2.24. The number of ether oxygens (including phenoxy) is 2. The van der Waals surface area contributed by atoms with Crippen molar-refractivity contribution in [2.24, 2.45) is 5.92 Å². The van der Waals surface area contributed by atoms with Crippen LogP contribution in [0.3, 0.4) is 0 Å². The van der Waals surface area contributed by atoms with Crippen LogP contribution in [0.2, 0.25) is 0 Å². The molecule has 1 aromatic heterocycles. The molecule has 1 aliphatic heterocycles. The number of hydrogen-bond acceptors (Lipinski definition) is 3. The van der Waals surface area contributed by atoms with Crippen LogP contribution in [0.4, 0.5) is 8.78 Å². The summed E-state index contributed by atoms with van der Waals surface area (Å²) in [7, 11) is 0. The standard InChI is InChI=1S/C24H24F2O2S/c1-2-16-3-5-18(6-4-16)19-7-8-20(24(26)23(19)25)21-9-10-22(29-21)28-15-17-11-13-27-14-12-17/h3-10,17H,2,11-15H2,1H3. The molecule has 29 heavy (non-hydrogen) atoms. The first-order chi connectivity index (χ1) is 14.2. The van der Waals surface area contributed by atoms with Crippen molar-refractivity contribution < 1.29 is 18.3 Å². The number of thiophene rings is 1. The SMILES string of the molecule is CCc1ccc(-c2ccc(-c3ccc(OCC4CCOCC4)s3)c(F)c2F)cc1. The van der Waals surface area contributed by atoms with Gasteiger partial charge in [0.1, 0.15) is 0 Å². The van der Waals surface area contributed by atoms with Crippen molar-refractivity contribution in [3.63, 3.8) is 0 Å². The third-order valence-corrected chi connectivity index (χ3v) is 6.44. The van der Waals surface area contributed by atoms with Crippen molar-refractivity contribution >= 4 is 11.3 Å². The summed E-state index contributed by atoms with van der Waals surface area (Å²) in [6.07, 6.45) is 2.91. The highest BCUT2D eigenvalue weighted by atomic mass is 32.1. The molecular formula is C24H24F2O2S. The molecule has 152 valence electrons. The summed E-state index contributed by atoms with van der Waals surface area (Å²) in [5, 5.41) is 0.727. The van der Waals surface area contributed by atoms with E-state index in [0.717, 1.165) is 43.1 Å². The molecule has 1 fully saturated rings. The highest BCUT2D eigenvalue weighted by Crippen LogP contribution is 2.37. The molecule has 0 bridgehead atoms. The minimum Gasteiger partial charge on any atom is -0.484 e. The summed E-state index contributed by atoms with van der Waals surface area (Å²) in [5.74, 6) is -1.15. The maximum absolute atomic E-state index is 14.8. The Morgan fingerprint density at radius 2 is 1.62 bits per heavy atom. The van der Waals surface area contributed by atoms with Crippen LogP contribution in [0.1, 0.15) is 25.3 Å². The van der Waals surface area contributed by atoms with Gasteiger partial charge in [0.15, 0.2) is 16.7 Å². The van der Waals surface area contributed by atoms with Gasteiger partial charge in [-0.3, -0.25) is 0 Å². The number of halogens is 2. The lowest BCUT2D eigenvalue weighted by Gasteiger charge is -2.21. The normalized spacial score (nSPS) is 14.9. The third kappa shape index (κ3) is 4.51. The fraction of sp³-hybridized carbons (Fsp3) is 0.333. The number of hydrogen-bond donors (Lipinski definition) is 0. The first kappa shape index (κ1) is 20.0. The molecular weight excluding hydrogens is 390 g/mol. The Balaban J connectivity index is 1.51. The predicted octanol–water partition coefficient (Wildman–Crippen LogP) is 6.73. The van der Waals surface area contributed by atoms with Crippen LogP contribution in [0.25, 0.3) is 21.6 Å². The van der Waals surface area contributed by atoms with Gasteiger partial charge < -0.3 is 9.47 Å². The average molecular weight is 415 g/mol. The molecule has 0 unspecified atom stereocenters. The van der Waals surface area contributed by atoms with Gasteiger partial charge in [0.2, 0.25) is 0 Å². The molecule has 0 atom stereocenters. The van der Waals surface area contributed by atoms with Gasteiger partial charge in [0.05, 0.1) is 6.61 Å². The lowest BCUT2D eigenvalue weighted by Crippen LogP contribution is -2.21. The van der Waals surface area contributed by atoms with Crippen LogP contribution in [-0.4, -0.2) is 19.8 Å². The van der Waals surface area contributed by atoms with E-state index in [1.165, 1.54) is 11.3 Å². The zero-order chi connectivity index (χ0) is 20.2. The van der Waals surface area contributed by atoms with Crippen molar-refractivity contribution in [1.82, 2.24) is 0 Å². The first-order valence-corrected chi connectivity index (χ1v) is 10.9. The molecule has 3 aromatic rings. The largest absolute Gasteiger partial charge is 0.484 e. The average Bonchev–Trinajstić information content (AvgIpc) is 3.24. The fourth-order valence-electron chi connectivity index (χ4n) is 3.54. The zero-order valence-electron chi connectivity index (χ0n) is 16.4.